The van der Waals surface area contributed by atoms with Gasteiger partial charge in [0.1, 0.15) is 18.3 Å². The summed E-state index contributed by atoms with van der Waals surface area (Å²) < 4.78 is 4.34. The molecule has 1 aliphatic heterocycles. The van der Waals surface area contributed by atoms with Crippen LogP contribution in [0.1, 0.15) is 0 Å². The maximum atomic E-state index is 10.4. The van der Waals surface area contributed by atoms with Gasteiger partial charge in [0.2, 0.25) is 5.75 Å². The quantitative estimate of drug-likeness (QED) is 0.249. The number of rotatable bonds is 3. The number of nitrogens with zero attached hydrogens (tertiary/aromatic N) is 2. The smallest absolute Gasteiger partial charge is 0.387 e. The van der Waals surface area contributed by atoms with Crippen LogP contribution in [-0.4, -0.2) is 77.2 Å². The van der Waals surface area contributed by atoms with Crippen molar-refractivity contribution in [2.45, 2.75) is 30.7 Å². The molecule has 1 aliphatic rings. The molecule has 2 rings (SSSR count). The van der Waals surface area contributed by atoms with E-state index in [0.29, 0.717) is 0 Å². The fourth-order valence-corrected chi connectivity index (χ4v) is 1.92. The third-order valence-electron chi connectivity index (χ3n) is 3.20. The normalized spacial score (nSPS) is 27.8. The van der Waals surface area contributed by atoms with E-state index in [2.05, 4.69) is 4.74 Å². The summed E-state index contributed by atoms with van der Waals surface area (Å²) in [4.78, 5) is 29.0. The largest absolute Gasteiger partial charge is 0.502 e. The topological polar surface area (TPSA) is 234 Å². The predicted molar refractivity (Wildman–Crippen MR) is 78.0 cm³/mol. The molecule has 14 nitrogen and oxygen atoms in total. The number of carboxylic acids is 1. The second-order valence-corrected chi connectivity index (χ2v) is 4.92. The van der Waals surface area contributed by atoms with Crippen molar-refractivity contribution in [3.63, 3.8) is 0 Å². The summed E-state index contributed by atoms with van der Waals surface area (Å²) in [5.41, 5.74) is -1.60. The second-order valence-electron chi connectivity index (χ2n) is 4.92. The standard InChI is InChI=1S/C6H4N2O5.C6H10O7/c9-5-3-1-2-4(7(10)11)6(5)8(12)13;7-1-2(8)4(5(10)11)13-6(12)3(1)9/h1-3,9H;1-4,6-9,12H,(H,10,11)/t;1-,2-,3+,4-,6+/m.0/s1. The minimum Gasteiger partial charge on any atom is -0.502 e. The van der Waals surface area contributed by atoms with Crippen molar-refractivity contribution in [1.29, 1.82) is 0 Å². The van der Waals surface area contributed by atoms with Gasteiger partial charge in [-0.2, -0.15) is 0 Å². The molecule has 1 fully saturated rings. The molecule has 0 saturated carbocycles. The van der Waals surface area contributed by atoms with Gasteiger partial charge in [-0.1, -0.05) is 6.07 Å². The number of carboxylic acid groups (broad SMARTS) is 1. The average molecular weight is 378 g/mol. The lowest BCUT2D eigenvalue weighted by Crippen LogP contribution is -2.59. The van der Waals surface area contributed by atoms with Crippen molar-refractivity contribution in [2.75, 3.05) is 0 Å². The Morgan fingerprint density at radius 3 is 2.00 bits per heavy atom. The van der Waals surface area contributed by atoms with Crippen molar-refractivity contribution in [3.05, 3.63) is 38.4 Å². The van der Waals surface area contributed by atoms with Crippen molar-refractivity contribution in [1.82, 2.24) is 0 Å². The minimum atomic E-state index is -1.81. The van der Waals surface area contributed by atoms with Gasteiger partial charge in [0.15, 0.2) is 12.4 Å². The summed E-state index contributed by atoms with van der Waals surface area (Å²) in [5, 5.41) is 73.9. The molecule has 0 aromatic heterocycles. The number of hydrogen-bond donors (Lipinski definition) is 6. The number of para-hydroxylation sites is 1. The van der Waals surface area contributed by atoms with Crippen molar-refractivity contribution in [2.24, 2.45) is 0 Å². The Morgan fingerprint density at radius 2 is 1.58 bits per heavy atom. The molecular formula is C12H14N2O12. The average Bonchev–Trinajstić information content (AvgIpc) is 2.55. The number of nitro benzene ring substituents is 2. The van der Waals surface area contributed by atoms with Crippen molar-refractivity contribution in [3.8, 4) is 5.75 Å². The Balaban J connectivity index is 0.000000260. The summed E-state index contributed by atoms with van der Waals surface area (Å²) in [6.07, 6.45) is -8.72. The number of aliphatic carboxylic acids is 1. The molecular weight excluding hydrogens is 364 g/mol. The van der Waals surface area contributed by atoms with Gasteiger partial charge >= 0.3 is 17.3 Å². The third kappa shape index (κ3) is 4.58. The Morgan fingerprint density at radius 1 is 1.00 bits per heavy atom. The zero-order chi connectivity index (χ0) is 20.2. The highest BCUT2D eigenvalue weighted by Gasteiger charge is 2.46. The van der Waals surface area contributed by atoms with Crippen molar-refractivity contribution < 1.29 is 50.0 Å². The minimum absolute atomic E-state index is 0.709. The van der Waals surface area contributed by atoms with Crippen LogP contribution < -0.4 is 0 Å². The summed E-state index contributed by atoms with van der Waals surface area (Å²) in [7, 11) is 0. The number of ether oxygens (including phenoxy) is 1. The van der Waals surface area contributed by atoms with Crippen LogP contribution in [0.4, 0.5) is 11.4 Å². The molecule has 1 aromatic rings. The van der Waals surface area contributed by atoms with E-state index in [4.69, 9.17) is 30.6 Å². The van der Waals surface area contributed by atoms with Crippen LogP contribution in [0.5, 0.6) is 5.75 Å². The van der Waals surface area contributed by atoms with E-state index >= 15 is 0 Å². The van der Waals surface area contributed by atoms with E-state index < -0.39 is 63.6 Å². The van der Waals surface area contributed by atoms with E-state index in [1.165, 1.54) is 6.07 Å². The predicted octanol–water partition coefficient (Wildman–Crippen LogP) is -1.92. The van der Waals surface area contributed by atoms with E-state index in [9.17, 15) is 25.0 Å². The van der Waals surface area contributed by atoms with Crippen LogP contribution in [0.2, 0.25) is 0 Å². The van der Waals surface area contributed by atoms with E-state index in [1.54, 1.807) is 0 Å². The molecule has 0 aliphatic carbocycles. The number of benzene rings is 1. The van der Waals surface area contributed by atoms with Gasteiger partial charge in [0, 0.05) is 6.07 Å². The zero-order valence-electron chi connectivity index (χ0n) is 12.6. The third-order valence-corrected chi connectivity index (χ3v) is 3.20. The number of phenolic OH excluding ortho intramolecular Hbond substituents is 1. The van der Waals surface area contributed by atoms with Gasteiger partial charge in [-0.25, -0.2) is 4.79 Å². The monoisotopic (exact) mass is 378 g/mol. The van der Waals surface area contributed by atoms with E-state index in [0.717, 1.165) is 12.1 Å². The number of hydrogen-bond acceptors (Lipinski definition) is 11. The Labute approximate surface area is 143 Å². The molecule has 0 unspecified atom stereocenters. The molecule has 5 atom stereocenters. The summed E-state index contributed by atoms with van der Waals surface area (Å²) in [6.45, 7) is 0. The molecule has 26 heavy (non-hydrogen) atoms. The Kier molecular flexibility index (Phi) is 6.87. The first-order valence-electron chi connectivity index (χ1n) is 6.70. The molecule has 144 valence electrons. The van der Waals surface area contributed by atoms with Crippen LogP contribution in [0.15, 0.2) is 18.2 Å². The van der Waals surface area contributed by atoms with Crippen LogP contribution in [-0.2, 0) is 9.53 Å². The first kappa shape index (κ1) is 21.1. The van der Waals surface area contributed by atoms with Gasteiger partial charge in [0.25, 0.3) is 0 Å². The Bertz CT molecular complexity index is 695. The zero-order valence-corrected chi connectivity index (χ0v) is 12.6. The summed E-state index contributed by atoms with van der Waals surface area (Å²) in [5.74, 6) is -2.23. The highest BCUT2D eigenvalue weighted by molar-refractivity contribution is 5.73. The molecule has 1 aromatic carbocycles. The fraction of sp³-hybridized carbons (Fsp3) is 0.417. The number of aromatic hydroxyl groups is 1. The molecule has 0 bridgehead atoms. The molecule has 1 saturated heterocycles. The maximum Gasteiger partial charge on any atom is 0.387 e. The lowest BCUT2D eigenvalue weighted by molar-refractivity contribution is -0.423. The Hall–Kier alpha value is -2.91. The maximum absolute atomic E-state index is 10.4. The lowest BCUT2D eigenvalue weighted by Gasteiger charge is -2.36. The number of aliphatic hydroxyl groups is 4. The molecule has 0 spiro atoms. The number of aliphatic hydroxyl groups excluding tert-OH is 4. The van der Waals surface area contributed by atoms with Gasteiger partial charge in [-0.05, 0) is 6.07 Å². The highest BCUT2D eigenvalue weighted by atomic mass is 16.7. The number of carbonyl (C=O) groups is 1. The number of phenols is 1. The summed E-state index contributed by atoms with van der Waals surface area (Å²) >= 11 is 0. The fourth-order valence-electron chi connectivity index (χ4n) is 1.92. The molecule has 1 heterocycles. The van der Waals surface area contributed by atoms with Crippen LogP contribution in [0.25, 0.3) is 0 Å². The molecule has 0 amide bonds. The lowest BCUT2D eigenvalue weighted by atomic mass is 9.99. The SMILES string of the molecule is O=C(O)[C@H]1O[C@@H](O)[C@H](O)[C@@H](O)[C@@H]1O.O=[N+]([O-])c1cccc(O)c1[N+](=O)[O-]. The van der Waals surface area contributed by atoms with Gasteiger partial charge in [-0.3, -0.25) is 20.2 Å². The number of nitro groups is 2. The van der Waals surface area contributed by atoms with E-state index in [-0.39, 0.29) is 0 Å². The van der Waals surface area contributed by atoms with Gasteiger partial charge in [-0.15, -0.1) is 0 Å². The molecule has 14 heteroatoms. The molecule has 6 N–H and O–H groups in total. The van der Waals surface area contributed by atoms with Crippen LogP contribution in [0, 0.1) is 20.2 Å². The van der Waals surface area contributed by atoms with Gasteiger partial charge in [0.05, 0.1) is 9.85 Å². The second kappa shape index (κ2) is 8.45. The molecule has 0 radical (unpaired) electrons. The first-order chi connectivity index (χ1) is 12.0. The highest BCUT2D eigenvalue weighted by Crippen LogP contribution is 2.34. The van der Waals surface area contributed by atoms with Crippen LogP contribution in [0.3, 0.4) is 0 Å². The van der Waals surface area contributed by atoms with Crippen LogP contribution >= 0.6 is 0 Å². The van der Waals surface area contributed by atoms with E-state index in [1.807, 2.05) is 0 Å². The van der Waals surface area contributed by atoms with Crippen molar-refractivity contribution >= 4 is 17.3 Å². The summed E-state index contributed by atoms with van der Waals surface area (Å²) in [6, 6.07) is 3.14. The first-order valence-corrected chi connectivity index (χ1v) is 6.70. The van der Waals surface area contributed by atoms with Gasteiger partial charge < -0.3 is 35.4 Å².